The first-order valence-electron chi connectivity index (χ1n) is 9.99. The average Bonchev–Trinajstić information content (AvgIpc) is 2.74. The number of nitrogens with zero attached hydrogens (tertiary/aromatic N) is 1. The molecule has 0 aliphatic heterocycles. The zero-order chi connectivity index (χ0) is 25.5. The van der Waals surface area contributed by atoms with E-state index in [2.05, 4.69) is 10.3 Å². The number of nitrogens with one attached hydrogen (secondary N) is 1. The van der Waals surface area contributed by atoms with Crippen molar-refractivity contribution in [2.75, 3.05) is 12.8 Å². The van der Waals surface area contributed by atoms with Crippen LogP contribution in [0.4, 0.5) is 22.0 Å². The summed E-state index contributed by atoms with van der Waals surface area (Å²) < 4.78 is 91.4. The van der Waals surface area contributed by atoms with Gasteiger partial charge in [-0.1, -0.05) is 23.7 Å². The maximum Gasteiger partial charge on any atom is 0.433 e. The van der Waals surface area contributed by atoms with Gasteiger partial charge in [0.15, 0.2) is 9.84 Å². The number of pyridine rings is 1. The molecule has 13 heteroatoms. The quantitative estimate of drug-likeness (QED) is 0.573. The van der Waals surface area contributed by atoms with Gasteiger partial charge in [-0.05, 0) is 37.0 Å². The number of aromatic nitrogens is 1. The summed E-state index contributed by atoms with van der Waals surface area (Å²) in [6, 6.07) is 4.11. The third-order valence-electron chi connectivity index (χ3n) is 5.74. The van der Waals surface area contributed by atoms with Crippen LogP contribution in [-0.2, 0) is 16.0 Å². The largest absolute Gasteiger partial charge is 0.433 e. The van der Waals surface area contributed by atoms with Crippen LogP contribution in [0.25, 0.3) is 0 Å². The molecule has 0 radical (unpaired) electrons. The van der Waals surface area contributed by atoms with Crippen LogP contribution < -0.4 is 5.32 Å². The second-order valence-corrected chi connectivity index (χ2v) is 10.6. The molecule has 1 aromatic carbocycles. The van der Waals surface area contributed by atoms with E-state index >= 15 is 0 Å². The van der Waals surface area contributed by atoms with E-state index in [1.807, 2.05) is 0 Å². The van der Waals surface area contributed by atoms with Gasteiger partial charge in [-0.3, -0.25) is 9.78 Å². The standard InChI is InChI=1S/C21H20ClF5N2O4S/c1-34(32,33)16-9-28-17(21(25,26)27)8-13(16)19(30)29-10-20(31)6-5-11(23)7-14(20)12-3-2-4-15(24)18(12)22/h2-4,8-9,11,14,31H,5-7,10H2,1H3,(H,29,30). The Morgan fingerprint density at radius 3 is 2.65 bits per heavy atom. The van der Waals surface area contributed by atoms with Gasteiger partial charge >= 0.3 is 6.18 Å². The lowest BCUT2D eigenvalue weighted by Crippen LogP contribution is -2.50. The fraction of sp³-hybridized carbons (Fsp3) is 0.429. The predicted molar refractivity (Wildman–Crippen MR) is 113 cm³/mol. The van der Waals surface area contributed by atoms with Gasteiger partial charge in [-0.25, -0.2) is 17.2 Å². The molecule has 1 aliphatic carbocycles. The monoisotopic (exact) mass is 526 g/mol. The number of halogens is 6. The predicted octanol–water partition coefficient (Wildman–Crippen LogP) is 4.06. The van der Waals surface area contributed by atoms with Crippen LogP contribution in [0.3, 0.4) is 0 Å². The zero-order valence-corrected chi connectivity index (χ0v) is 19.2. The van der Waals surface area contributed by atoms with Crippen molar-refractivity contribution >= 4 is 27.3 Å². The highest BCUT2D eigenvalue weighted by Crippen LogP contribution is 2.44. The van der Waals surface area contributed by atoms with Gasteiger partial charge in [-0.15, -0.1) is 0 Å². The lowest BCUT2D eigenvalue weighted by atomic mass is 9.71. The number of alkyl halides is 4. The second-order valence-electron chi connectivity index (χ2n) is 8.19. The van der Waals surface area contributed by atoms with E-state index in [0.717, 1.165) is 6.07 Å². The lowest BCUT2D eigenvalue weighted by molar-refractivity contribution is -0.141. The number of sulfone groups is 1. The number of carbonyl (C=O) groups excluding carboxylic acids is 1. The summed E-state index contributed by atoms with van der Waals surface area (Å²) in [7, 11) is -4.13. The van der Waals surface area contributed by atoms with E-state index in [1.54, 1.807) is 0 Å². The molecule has 186 valence electrons. The van der Waals surface area contributed by atoms with Crippen molar-refractivity contribution in [1.82, 2.24) is 10.3 Å². The van der Waals surface area contributed by atoms with E-state index in [1.165, 1.54) is 12.1 Å². The maximum absolute atomic E-state index is 14.2. The highest BCUT2D eigenvalue weighted by atomic mass is 35.5. The highest BCUT2D eigenvalue weighted by molar-refractivity contribution is 7.90. The normalized spacial score (nSPS) is 23.5. The van der Waals surface area contributed by atoms with Gasteiger partial charge in [0.1, 0.15) is 17.7 Å². The molecule has 2 N–H and O–H groups in total. The van der Waals surface area contributed by atoms with Crippen molar-refractivity contribution in [1.29, 1.82) is 0 Å². The number of aliphatic hydroxyl groups is 1. The minimum Gasteiger partial charge on any atom is -0.387 e. The third kappa shape index (κ3) is 5.49. The number of hydrogen-bond acceptors (Lipinski definition) is 5. The minimum absolute atomic E-state index is 0.0854. The Bertz CT molecular complexity index is 1210. The molecule has 0 bridgehead atoms. The van der Waals surface area contributed by atoms with Crippen molar-refractivity contribution in [2.24, 2.45) is 0 Å². The van der Waals surface area contributed by atoms with E-state index in [9.17, 15) is 40.3 Å². The van der Waals surface area contributed by atoms with Gasteiger partial charge in [-0.2, -0.15) is 13.2 Å². The molecule has 1 fully saturated rings. The molecule has 2 aromatic rings. The van der Waals surface area contributed by atoms with Crippen LogP contribution in [0.2, 0.25) is 5.02 Å². The molecule has 0 saturated heterocycles. The van der Waals surface area contributed by atoms with Crippen molar-refractivity contribution in [2.45, 2.75) is 48.0 Å². The molecule has 6 nitrogen and oxygen atoms in total. The number of hydrogen-bond donors (Lipinski definition) is 2. The van der Waals surface area contributed by atoms with Crippen LogP contribution in [0.15, 0.2) is 35.4 Å². The summed E-state index contributed by atoms with van der Waals surface area (Å²) in [6.45, 7) is -0.580. The summed E-state index contributed by atoms with van der Waals surface area (Å²) in [6.07, 6.45) is -5.64. The fourth-order valence-electron chi connectivity index (χ4n) is 3.99. The minimum atomic E-state index is -4.94. The van der Waals surface area contributed by atoms with Crippen molar-refractivity contribution in [3.05, 3.63) is 58.1 Å². The van der Waals surface area contributed by atoms with Crippen molar-refractivity contribution in [3.63, 3.8) is 0 Å². The van der Waals surface area contributed by atoms with Gasteiger partial charge in [0, 0.05) is 24.9 Å². The molecule has 34 heavy (non-hydrogen) atoms. The van der Waals surface area contributed by atoms with Crippen LogP contribution >= 0.6 is 11.6 Å². The lowest BCUT2D eigenvalue weighted by Gasteiger charge is -2.42. The molecule has 1 heterocycles. The molecule has 1 aromatic heterocycles. The second kappa shape index (κ2) is 9.38. The van der Waals surface area contributed by atoms with Crippen LogP contribution in [0, 0.1) is 5.82 Å². The van der Waals surface area contributed by atoms with Gasteiger partial charge in [0.25, 0.3) is 5.91 Å². The van der Waals surface area contributed by atoms with Gasteiger partial charge in [0.2, 0.25) is 0 Å². The molecular formula is C21H20ClF5N2O4S. The third-order valence-corrected chi connectivity index (χ3v) is 7.27. The van der Waals surface area contributed by atoms with Crippen LogP contribution in [0.1, 0.15) is 46.8 Å². The number of amides is 1. The Balaban J connectivity index is 1.94. The molecule has 1 amide bonds. The fourth-order valence-corrected chi connectivity index (χ4v) is 5.04. The Morgan fingerprint density at radius 1 is 1.35 bits per heavy atom. The maximum atomic E-state index is 14.2. The molecular weight excluding hydrogens is 507 g/mol. The summed E-state index contributed by atoms with van der Waals surface area (Å²) in [5.74, 6) is -3.05. The van der Waals surface area contributed by atoms with E-state index in [4.69, 9.17) is 11.6 Å². The first kappa shape index (κ1) is 26.3. The number of carbonyl (C=O) groups is 1. The first-order valence-corrected chi connectivity index (χ1v) is 12.3. The van der Waals surface area contributed by atoms with E-state index in [-0.39, 0.29) is 29.8 Å². The first-order chi connectivity index (χ1) is 15.6. The Labute approximate surface area is 197 Å². The molecule has 3 rings (SSSR count). The van der Waals surface area contributed by atoms with Crippen LogP contribution in [0.5, 0.6) is 0 Å². The Morgan fingerprint density at radius 2 is 2.03 bits per heavy atom. The summed E-state index contributed by atoms with van der Waals surface area (Å²) in [5, 5.41) is 13.2. The van der Waals surface area contributed by atoms with Crippen molar-refractivity contribution in [3.8, 4) is 0 Å². The summed E-state index contributed by atoms with van der Waals surface area (Å²) in [5.41, 5.74) is -4.01. The zero-order valence-electron chi connectivity index (χ0n) is 17.7. The molecule has 0 spiro atoms. The topological polar surface area (TPSA) is 96.4 Å². The number of rotatable bonds is 5. The van der Waals surface area contributed by atoms with Crippen LogP contribution in [-0.4, -0.2) is 49.0 Å². The summed E-state index contributed by atoms with van der Waals surface area (Å²) in [4.78, 5) is 15.1. The van der Waals surface area contributed by atoms with E-state index in [0.29, 0.717) is 18.5 Å². The number of benzene rings is 1. The average molecular weight is 527 g/mol. The van der Waals surface area contributed by atoms with Crippen molar-refractivity contribution < 1.29 is 40.3 Å². The SMILES string of the molecule is CS(=O)(=O)c1cnc(C(F)(F)F)cc1C(=O)NCC1(O)CCC(F)CC1c1cccc(F)c1Cl. The summed E-state index contributed by atoms with van der Waals surface area (Å²) >= 11 is 6.02. The smallest absolute Gasteiger partial charge is 0.387 e. The Kier molecular flexibility index (Phi) is 7.26. The van der Waals surface area contributed by atoms with Gasteiger partial charge in [0.05, 0.1) is 21.1 Å². The molecule has 3 unspecified atom stereocenters. The molecule has 1 aliphatic rings. The molecule has 3 atom stereocenters. The van der Waals surface area contributed by atoms with Gasteiger partial charge < -0.3 is 10.4 Å². The Hall–Kier alpha value is -2.31. The highest BCUT2D eigenvalue weighted by Gasteiger charge is 2.44. The molecule has 1 saturated carbocycles. The van der Waals surface area contributed by atoms with E-state index < -0.39 is 68.1 Å².